The van der Waals surface area contributed by atoms with Crippen molar-refractivity contribution in [3.8, 4) is 0 Å². The van der Waals surface area contributed by atoms with Gasteiger partial charge in [-0.25, -0.2) is 0 Å². The Labute approximate surface area is 116 Å². The Bertz CT molecular complexity index is 404. The Morgan fingerprint density at radius 2 is 2.16 bits per heavy atom. The van der Waals surface area contributed by atoms with Gasteiger partial charge in [-0.2, -0.15) is 0 Å². The number of ether oxygens (including phenoxy) is 1. The van der Waals surface area contributed by atoms with Crippen molar-refractivity contribution in [3.63, 3.8) is 0 Å². The molecule has 3 heteroatoms. The molecule has 0 radical (unpaired) electrons. The van der Waals surface area contributed by atoms with Crippen molar-refractivity contribution in [2.45, 2.75) is 45.8 Å². The van der Waals surface area contributed by atoms with E-state index in [9.17, 15) is 5.11 Å². The van der Waals surface area contributed by atoms with E-state index in [4.69, 9.17) is 9.84 Å². The van der Waals surface area contributed by atoms with Crippen molar-refractivity contribution in [2.75, 3.05) is 13.7 Å². The van der Waals surface area contributed by atoms with Crippen LogP contribution < -0.4 is 0 Å². The lowest BCUT2D eigenvalue weighted by atomic mass is 9.64. The number of allylic oxidation sites excluding steroid dienone is 2. The van der Waals surface area contributed by atoms with Crippen molar-refractivity contribution in [2.24, 2.45) is 5.41 Å². The van der Waals surface area contributed by atoms with Crippen LogP contribution in [-0.4, -0.2) is 35.6 Å². The first-order valence-corrected chi connectivity index (χ1v) is 6.67. The first kappa shape index (κ1) is 16.2. The quantitative estimate of drug-likeness (QED) is 0.607. The number of hydrogen-bond acceptors (Lipinski definition) is 3. The molecule has 19 heavy (non-hydrogen) atoms. The molecule has 0 heterocycles. The minimum Gasteiger partial charge on any atom is -0.392 e. The van der Waals surface area contributed by atoms with E-state index in [1.807, 2.05) is 52.0 Å². The number of hydrogen-bond donors (Lipinski definition) is 2. The molecule has 2 atom stereocenters. The molecule has 1 aliphatic rings. The Morgan fingerprint density at radius 3 is 2.63 bits per heavy atom. The van der Waals surface area contributed by atoms with Gasteiger partial charge in [0.25, 0.3) is 0 Å². The second-order valence-corrected chi connectivity index (χ2v) is 6.01. The van der Waals surface area contributed by atoms with E-state index in [1.165, 1.54) is 0 Å². The lowest BCUT2D eigenvalue weighted by Crippen LogP contribution is -2.49. The molecule has 2 N–H and O–H groups in total. The van der Waals surface area contributed by atoms with Gasteiger partial charge >= 0.3 is 0 Å². The van der Waals surface area contributed by atoms with Crippen molar-refractivity contribution in [1.82, 2.24) is 0 Å². The summed E-state index contributed by atoms with van der Waals surface area (Å²) in [5, 5.41) is 19.9. The molecular formula is C16H26O3. The number of methoxy groups -OCH3 is 1. The average molecular weight is 266 g/mol. The monoisotopic (exact) mass is 266 g/mol. The smallest absolute Gasteiger partial charge is 0.109 e. The highest BCUT2D eigenvalue weighted by Gasteiger charge is 2.46. The van der Waals surface area contributed by atoms with Crippen LogP contribution in [-0.2, 0) is 4.74 Å². The fourth-order valence-electron chi connectivity index (χ4n) is 2.57. The second kappa shape index (κ2) is 6.04. The Kier molecular flexibility index (Phi) is 5.13. The van der Waals surface area contributed by atoms with Gasteiger partial charge < -0.3 is 14.9 Å². The van der Waals surface area contributed by atoms with Crippen LogP contribution in [0.4, 0.5) is 0 Å². The van der Waals surface area contributed by atoms with Gasteiger partial charge in [0.05, 0.1) is 12.7 Å². The molecule has 0 saturated heterocycles. The summed E-state index contributed by atoms with van der Waals surface area (Å²) in [5.41, 5.74) is 0.491. The van der Waals surface area contributed by atoms with Crippen molar-refractivity contribution in [1.29, 1.82) is 0 Å². The molecule has 0 aromatic heterocycles. The van der Waals surface area contributed by atoms with E-state index in [0.29, 0.717) is 0 Å². The zero-order valence-electron chi connectivity index (χ0n) is 12.6. The van der Waals surface area contributed by atoms with Gasteiger partial charge in [-0.3, -0.25) is 0 Å². The normalized spacial score (nSPS) is 31.6. The molecule has 0 aromatic carbocycles. The van der Waals surface area contributed by atoms with Gasteiger partial charge in [-0.05, 0) is 37.5 Å². The predicted octanol–water partition coefficient (Wildman–Crippen LogP) is 2.60. The maximum atomic E-state index is 11.0. The van der Waals surface area contributed by atoms with Gasteiger partial charge in [0.2, 0.25) is 0 Å². The summed E-state index contributed by atoms with van der Waals surface area (Å²) >= 11 is 0. The summed E-state index contributed by atoms with van der Waals surface area (Å²) in [4.78, 5) is 0. The van der Waals surface area contributed by atoms with Crippen LogP contribution >= 0.6 is 0 Å². The van der Waals surface area contributed by atoms with Crippen LogP contribution in [0.15, 0.2) is 35.5 Å². The largest absolute Gasteiger partial charge is 0.392 e. The van der Waals surface area contributed by atoms with E-state index in [0.717, 1.165) is 17.6 Å². The summed E-state index contributed by atoms with van der Waals surface area (Å²) < 4.78 is 5.39. The van der Waals surface area contributed by atoms with E-state index >= 15 is 0 Å². The standard InChI is InChI=1S/C16H26O3/c1-12(11-17)7-6-8-16(18)13(2)9-14(19-5)10-15(16,3)4/h6-9,14,17-18H,10-11H2,1-5H3/b8-6+,12-7+. The average Bonchev–Trinajstić information content (AvgIpc) is 2.35. The molecule has 0 bridgehead atoms. The fraction of sp³-hybridized carbons (Fsp3) is 0.625. The Hall–Kier alpha value is -0.900. The molecule has 2 unspecified atom stereocenters. The molecule has 1 aliphatic carbocycles. The number of rotatable bonds is 4. The maximum Gasteiger partial charge on any atom is 0.109 e. The first-order valence-electron chi connectivity index (χ1n) is 6.67. The Balaban J connectivity index is 3.07. The van der Waals surface area contributed by atoms with Crippen LogP contribution in [0.3, 0.4) is 0 Å². The fourth-order valence-corrected chi connectivity index (χ4v) is 2.57. The second-order valence-electron chi connectivity index (χ2n) is 6.01. The summed E-state index contributed by atoms with van der Waals surface area (Å²) in [7, 11) is 1.69. The first-order chi connectivity index (χ1) is 8.76. The van der Waals surface area contributed by atoms with Crippen molar-refractivity contribution in [3.05, 3.63) is 35.5 Å². The molecule has 1 rings (SSSR count). The van der Waals surface area contributed by atoms with Gasteiger partial charge in [0.15, 0.2) is 0 Å². The third kappa shape index (κ3) is 3.35. The summed E-state index contributed by atoms with van der Waals surface area (Å²) in [6.45, 7) is 7.90. The third-order valence-corrected chi connectivity index (χ3v) is 4.05. The van der Waals surface area contributed by atoms with Crippen LogP contribution in [0.2, 0.25) is 0 Å². The molecule has 0 spiro atoms. The van der Waals surface area contributed by atoms with E-state index in [-0.39, 0.29) is 18.1 Å². The molecule has 0 amide bonds. The summed E-state index contributed by atoms with van der Waals surface area (Å²) in [5.74, 6) is 0. The molecule has 3 nitrogen and oxygen atoms in total. The van der Waals surface area contributed by atoms with Gasteiger partial charge in [0.1, 0.15) is 5.60 Å². The minimum absolute atomic E-state index is 0.0345. The molecule has 108 valence electrons. The summed E-state index contributed by atoms with van der Waals surface area (Å²) in [6, 6.07) is 0. The SMILES string of the molecule is COC1C=C(C)C(O)(/C=C/C=C(\C)CO)C(C)(C)C1. The maximum absolute atomic E-state index is 11.0. The Morgan fingerprint density at radius 1 is 1.53 bits per heavy atom. The minimum atomic E-state index is -0.978. The highest BCUT2D eigenvalue weighted by molar-refractivity contribution is 5.33. The zero-order valence-corrected chi connectivity index (χ0v) is 12.6. The van der Waals surface area contributed by atoms with Gasteiger partial charge in [0, 0.05) is 12.5 Å². The van der Waals surface area contributed by atoms with Crippen LogP contribution in [0.1, 0.15) is 34.1 Å². The highest BCUT2D eigenvalue weighted by Crippen LogP contribution is 2.45. The van der Waals surface area contributed by atoms with Crippen molar-refractivity contribution >= 4 is 0 Å². The molecule has 0 aromatic rings. The van der Waals surface area contributed by atoms with Crippen LogP contribution in [0, 0.1) is 5.41 Å². The molecule has 0 fully saturated rings. The lowest BCUT2D eigenvalue weighted by Gasteiger charge is -2.46. The van der Waals surface area contributed by atoms with Crippen LogP contribution in [0.25, 0.3) is 0 Å². The number of aliphatic hydroxyl groups excluding tert-OH is 1. The molecule has 0 aliphatic heterocycles. The molecular weight excluding hydrogens is 240 g/mol. The lowest BCUT2D eigenvalue weighted by molar-refractivity contribution is -0.0375. The highest BCUT2D eigenvalue weighted by atomic mass is 16.5. The molecule has 0 saturated carbocycles. The van der Waals surface area contributed by atoms with E-state index in [2.05, 4.69) is 0 Å². The topological polar surface area (TPSA) is 49.7 Å². The third-order valence-electron chi connectivity index (χ3n) is 4.05. The van der Waals surface area contributed by atoms with E-state index in [1.54, 1.807) is 7.11 Å². The zero-order chi connectivity index (χ0) is 14.7. The van der Waals surface area contributed by atoms with Gasteiger partial charge in [-0.15, -0.1) is 0 Å². The van der Waals surface area contributed by atoms with E-state index < -0.39 is 5.60 Å². The predicted molar refractivity (Wildman–Crippen MR) is 77.9 cm³/mol. The van der Waals surface area contributed by atoms with Gasteiger partial charge in [-0.1, -0.05) is 32.1 Å². The van der Waals surface area contributed by atoms with Crippen molar-refractivity contribution < 1.29 is 14.9 Å². The summed E-state index contributed by atoms with van der Waals surface area (Å²) in [6.07, 6.45) is 8.26. The number of aliphatic hydroxyl groups is 2. The van der Waals surface area contributed by atoms with Crippen LogP contribution in [0.5, 0.6) is 0 Å².